The Hall–Kier alpha value is -7.29. The van der Waals surface area contributed by atoms with Gasteiger partial charge in [-0.15, -0.1) is 0 Å². The van der Waals surface area contributed by atoms with Crippen molar-refractivity contribution in [3.05, 3.63) is 170 Å². The van der Waals surface area contributed by atoms with Gasteiger partial charge in [0.2, 0.25) is 11.8 Å². The fraction of sp³-hybridized carbons (Fsp3) is 0. The molecule has 2 aromatic heterocycles. The standard InChI is InChI=1S/C48H28N4O3S/c1-7-19-41-35(13-1)49-47(54-41)33-27-29(51-37-15-3-9-21-43(37)53-44-22-10-4-16-38(44)51)25-31-32(33)26-30(28-34(31)48-50-36-14-2-8-20-42(36)55-48)52-39-17-5-11-23-45(39)56-46-24-12-6-18-40(46)52/h1-28H. The van der Waals surface area contributed by atoms with Crippen molar-refractivity contribution in [3.63, 3.8) is 0 Å². The number of hydrogen-bond acceptors (Lipinski definition) is 8. The second kappa shape index (κ2) is 12.1. The van der Waals surface area contributed by atoms with Crippen LogP contribution in [0.3, 0.4) is 0 Å². The number of hydrogen-bond donors (Lipinski definition) is 0. The molecular weight excluding hydrogens is 713 g/mol. The molecule has 0 fully saturated rings. The van der Waals surface area contributed by atoms with Gasteiger partial charge in [0.15, 0.2) is 22.7 Å². The SMILES string of the molecule is c1ccc2c(c1)Oc1ccccc1N2c1cc(-c2nc3ccccc3o2)c2cc(N3c4ccccc4Sc4ccccc43)cc(-c3nc4ccccc4o3)c2c1. The highest BCUT2D eigenvalue weighted by Gasteiger charge is 2.30. The highest BCUT2D eigenvalue weighted by atomic mass is 32.2. The van der Waals surface area contributed by atoms with Crippen LogP contribution in [0.15, 0.2) is 188 Å². The molecule has 0 saturated heterocycles. The van der Waals surface area contributed by atoms with Gasteiger partial charge in [-0.05, 0) is 108 Å². The van der Waals surface area contributed by atoms with Crippen LogP contribution in [0, 0.1) is 0 Å². The Morgan fingerprint density at radius 2 is 0.821 bits per heavy atom. The topological polar surface area (TPSA) is 67.8 Å². The first-order valence-electron chi connectivity index (χ1n) is 18.4. The van der Waals surface area contributed by atoms with Crippen LogP contribution in [-0.2, 0) is 0 Å². The van der Waals surface area contributed by atoms with Gasteiger partial charge in [0.05, 0.1) is 22.7 Å². The van der Waals surface area contributed by atoms with Crippen LogP contribution >= 0.6 is 11.8 Å². The summed E-state index contributed by atoms with van der Waals surface area (Å²) >= 11 is 1.78. The minimum absolute atomic E-state index is 0.517. The van der Waals surface area contributed by atoms with E-state index in [4.69, 9.17) is 23.5 Å². The molecular formula is C48H28N4O3S. The molecule has 264 valence electrons. The molecule has 0 atom stereocenters. The Morgan fingerprint density at radius 3 is 1.32 bits per heavy atom. The lowest BCUT2D eigenvalue weighted by molar-refractivity contribution is 0.477. The predicted octanol–water partition coefficient (Wildman–Crippen LogP) is 14.0. The number of ether oxygens (including phenoxy) is 1. The summed E-state index contributed by atoms with van der Waals surface area (Å²) in [6.45, 7) is 0. The Kier molecular flexibility index (Phi) is 6.73. The lowest BCUT2D eigenvalue weighted by Gasteiger charge is -2.34. The Morgan fingerprint density at radius 1 is 0.411 bits per heavy atom. The molecule has 0 aliphatic carbocycles. The maximum absolute atomic E-state index is 6.63. The third-order valence-corrected chi connectivity index (χ3v) is 11.6. The van der Waals surface area contributed by atoms with Gasteiger partial charge in [-0.25, -0.2) is 9.97 Å². The van der Waals surface area contributed by atoms with Crippen molar-refractivity contribution in [2.75, 3.05) is 9.80 Å². The van der Waals surface area contributed by atoms with Gasteiger partial charge in [-0.2, -0.15) is 0 Å². The average molecular weight is 741 g/mol. The molecule has 0 radical (unpaired) electrons. The van der Waals surface area contributed by atoms with Crippen LogP contribution in [-0.4, -0.2) is 9.97 Å². The zero-order chi connectivity index (χ0) is 36.7. The summed E-state index contributed by atoms with van der Waals surface area (Å²) in [5.41, 5.74) is 10.6. The molecule has 2 aliphatic heterocycles. The Labute approximate surface area is 325 Å². The van der Waals surface area contributed by atoms with Crippen LogP contribution < -0.4 is 14.5 Å². The molecule has 0 spiro atoms. The number of fused-ring (bicyclic) bond motifs is 7. The van der Waals surface area contributed by atoms with Crippen LogP contribution in [0.2, 0.25) is 0 Å². The number of anilines is 6. The van der Waals surface area contributed by atoms with Crippen molar-refractivity contribution in [2.24, 2.45) is 0 Å². The van der Waals surface area contributed by atoms with Gasteiger partial charge in [0.1, 0.15) is 11.0 Å². The number of rotatable bonds is 4. The summed E-state index contributed by atoms with van der Waals surface area (Å²) in [6, 6.07) is 58.0. The van der Waals surface area contributed by atoms with Crippen LogP contribution in [0.4, 0.5) is 34.1 Å². The summed E-state index contributed by atoms with van der Waals surface area (Å²) in [5.74, 6) is 2.58. The number of oxazole rings is 2. The van der Waals surface area contributed by atoms with Gasteiger partial charge in [0, 0.05) is 32.3 Å². The van der Waals surface area contributed by atoms with E-state index in [1.165, 1.54) is 9.79 Å². The van der Waals surface area contributed by atoms with E-state index in [0.29, 0.717) is 17.4 Å². The number of nitrogens with zero attached hydrogens (tertiary/aromatic N) is 4. The first-order valence-corrected chi connectivity index (χ1v) is 19.2. The monoisotopic (exact) mass is 740 g/mol. The van der Waals surface area contributed by atoms with E-state index >= 15 is 0 Å². The van der Waals surface area contributed by atoms with Crippen molar-refractivity contribution in [1.29, 1.82) is 0 Å². The maximum Gasteiger partial charge on any atom is 0.228 e. The molecule has 10 aromatic rings. The fourth-order valence-electron chi connectivity index (χ4n) is 7.98. The molecule has 0 unspecified atom stereocenters. The predicted molar refractivity (Wildman–Crippen MR) is 224 cm³/mol. The normalized spacial score (nSPS) is 13.0. The van der Waals surface area contributed by atoms with E-state index in [0.717, 1.165) is 84.1 Å². The summed E-state index contributed by atoms with van der Waals surface area (Å²) in [7, 11) is 0. The van der Waals surface area contributed by atoms with Crippen LogP contribution in [0.1, 0.15) is 0 Å². The van der Waals surface area contributed by atoms with Crippen LogP contribution in [0.5, 0.6) is 11.5 Å². The molecule has 7 nitrogen and oxygen atoms in total. The minimum atomic E-state index is 0.517. The molecule has 56 heavy (non-hydrogen) atoms. The highest BCUT2D eigenvalue weighted by Crippen LogP contribution is 2.55. The van der Waals surface area contributed by atoms with Crippen molar-refractivity contribution in [2.45, 2.75) is 9.79 Å². The first kappa shape index (κ1) is 31.1. The second-order valence-corrected chi connectivity index (χ2v) is 14.9. The van der Waals surface area contributed by atoms with E-state index < -0.39 is 0 Å². The van der Waals surface area contributed by atoms with Gasteiger partial charge in [0.25, 0.3) is 0 Å². The summed E-state index contributed by atoms with van der Waals surface area (Å²) in [4.78, 5) is 17.1. The molecule has 0 N–H and O–H groups in total. The molecule has 8 heteroatoms. The second-order valence-electron chi connectivity index (χ2n) is 13.8. The Balaban J connectivity index is 1.21. The van der Waals surface area contributed by atoms with Gasteiger partial charge in [-0.3, -0.25) is 0 Å². The molecule has 0 saturated carbocycles. The third kappa shape index (κ3) is 4.79. The Bertz CT molecular complexity index is 2830. The highest BCUT2D eigenvalue weighted by molar-refractivity contribution is 7.99. The van der Waals surface area contributed by atoms with Crippen molar-refractivity contribution in [3.8, 4) is 34.4 Å². The van der Waals surface area contributed by atoms with Gasteiger partial charge >= 0.3 is 0 Å². The van der Waals surface area contributed by atoms with Crippen molar-refractivity contribution < 1.29 is 13.6 Å². The molecule has 8 aromatic carbocycles. The average Bonchev–Trinajstić information content (AvgIpc) is 3.89. The van der Waals surface area contributed by atoms with E-state index in [1.54, 1.807) is 11.8 Å². The zero-order valence-electron chi connectivity index (χ0n) is 29.6. The lowest BCUT2D eigenvalue weighted by atomic mass is 9.96. The summed E-state index contributed by atoms with van der Waals surface area (Å²) < 4.78 is 19.7. The van der Waals surface area contributed by atoms with Crippen molar-refractivity contribution >= 4 is 78.9 Å². The molecule has 0 bridgehead atoms. The van der Waals surface area contributed by atoms with Gasteiger partial charge < -0.3 is 23.4 Å². The maximum atomic E-state index is 6.63. The largest absolute Gasteiger partial charge is 0.453 e. The van der Waals surface area contributed by atoms with E-state index in [1.807, 2.05) is 84.9 Å². The van der Waals surface area contributed by atoms with Gasteiger partial charge in [-0.1, -0.05) is 84.6 Å². The zero-order valence-corrected chi connectivity index (χ0v) is 30.4. The quantitative estimate of drug-likeness (QED) is 0.177. The molecule has 12 rings (SSSR count). The molecule has 4 heterocycles. The lowest BCUT2D eigenvalue weighted by Crippen LogP contribution is -2.16. The number of aromatic nitrogens is 2. The first-order chi connectivity index (χ1) is 27.7. The number of para-hydroxylation sites is 10. The smallest absolute Gasteiger partial charge is 0.228 e. The van der Waals surface area contributed by atoms with Crippen LogP contribution in [0.25, 0.3) is 55.9 Å². The summed E-state index contributed by atoms with van der Waals surface area (Å²) in [5, 5.41) is 1.88. The summed E-state index contributed by atoms with van der Waals surface area (Å²) in [6.07, 6.45) is 0. The fourth-order valence-corrected chi connectivity index (χ4v) is 9.04. The number of benzene rings is 8. The molecule has 0 amide bonds. The third-order valence-electron chi connectivity index (χ3n) is 10.5. The molecule has 2 aliphatic rings. The minimum Gasteiger partial charge on any atom is -0.453 e. The van der Waals surface area contributed by atoms with E-state index in [2.05, 4.69) is 94.7 Å². The van der Waals surface area contributed by atoms with E-state index in [9.17, 15) is 0 Å². The van der Waals surface area contributed by atoms with Crippen molar-refractivity contribution in [1.82, 2.24) is 9.97 Å². The van der Waals surface area contributed by atoms with E-state index in [-0.39, 0.29) is 0 Å².